The maximum absolute atomic E-state index is 14.0. The predicted octanol–water partition coefficient (Wildman–Crippen LogP) is 4.61. The number of fused-ring (bicyclic) bond motifs is 1. The number of anilines is 1. The Balaban J connectivity index is 1.67. The fourth-order valence-electron chi connectivity index (χ4n) is 4.53. The number of sulfonamides is 1. The van der Waals surface area contributed by atoms with E-state index in [4.69, 9.17) is 10.5 Å². The molecule has 0 saturated carbocycles. The molecule has 206 valence electrons. The normalized spacial score (nSPS) is 12.8. The van der Waals surface area contributed by atoms with Gasteiger partial charge in [0.15, 0.2) is 0 Å². The van der Waals surface area contributed by atoms with Crippen LogP contribution in [-0.2, 0) is 32.5 Å². The first-order chi connectivity index (χ1) is 18.6. The summed E-state index contributed by atoms with van der Waals surface area (Å²) in [7, 11) is -4.07. The molecule has 3 N–H and O–H groups in total. The minimum Gasteiger partial charge on any atom is -0.465 e. The number of pyridine rings is 1. The number of aromatic amines is 1. The van der Waals surface area contributed by atoms with E-state index in [1.165, 1.54) is 4.31 Å². The van der Waals surface area contributed by atoms with Crippen molar-refractivity contribution in [3.05, 3.63) is 83.4 Å². The van der Waals surface area contributed by atoms with Crippen molar-refractivity contribution in [1.82, 2.24) is 19.3 Å². The Labute approximate surface area is 229 Å². The minimum absolute atomic E-state index is 0.00495. The number of esters is 1. The van der Waals surface area contributed by atoms with Gasteiger partial charge in [0.1, 0.15) is 17.4 Å². The predicted molar refractivity (Wildman–Crippen MR) is 151 cm³/mol. The number of hydrogen-bond donors (Lipinski definition) is 2. The van der Waals surface area contributed by atoms with E-state index in [9.17, 15) is 13.2 Å². The van der Waals surface area contributed by atoms with Gasteiger partial charge < -0.3 is 15.5 Å². The molecule has 0 fully saturated rings. The van der Waals surface area contributed by atoms with E-state index in [-0.39, 0.29) is 24.0 Å². The van der Waals surface area contributed by atoms with Gasteiger partial charge >= 0.3 is 5.97 Å². The first kappa shape index (κ1) is 28.3. The third-order valence-electron chi connectivity index (χ3n) is 6.42. The minimum atomic E-state index is -4.07. The molecule has 2 heterocycles. The Morgan fingerprint density at radius 3 is 2.36 bits per heavy atom. The third kappa shape index (κ3) is 6.63. The number of nitrogens with zero attached hydrogens (tertiary/aromatic N) is 3. The molecular weight excluding hydrogens is 514 g/mol. The number of nitrogen functional groups attached to an aromatic ring is 1. The highest BCUT2D eigenvalue weighted by atomic mass is 32.2. The van der Waals surface area contributed by atoms with Gasteiger partial charge in [0.05, 0.1) is 22.7 Å². The number of hydrogen-bond acceptors (Lipinski definition) is 7. The van der Waals surface area contributed by atoms with Gasteiger partial charge in [-0.2, -0.15) is 4.31 Å². The molecule has 0 aliphatic heterocycles. The Morgan fingerprint density at radius 1 is 1.05 bits per heavy atom. The summed E-state index contributed by atoms with van der Waals surface area (Å²) in [5.74, 6) is 0.307. The maximum Gasteiger partial charge on any atom is 0.324 e. The zero-order chi connectivity index (χ0) is 28.2. The zero-order valence-electron chi connectivity index (χ0n) is 22.7. The van der Waals surface area contributed by atoms with E-state index in [2.05, 4.69) is 15.0 Å². The van der Waals surface area contributed by atoms with Crippen LogP contribution in [0.1, 0.15) is 49.8 Å². The van der Waals surface area contributed by atoms with Crippen molar-refractivity contribution >= 4 is 32.7 Å². The van der Waals surface area contributed by atoms with Gasteiger partial charge in [0.25, 0.3) is 0 Å². The van der Waals surface area contributed by atoms with Gasteiger partial charge in [-0.05, 0) is 67.6 Å². The second-order valence-corrected chi connectivity index (χ2v) is 11.9. The van der Waals surface area contributed by atoms with Gasteiger partial charge in [-0.15, -0.1) is 0 Å². The lowest BCUT2D eigenvalue weighted by Gasteiger charge is -2.30. The number of rotatable bonds is 11. The van der Waals surface area contributed by atoms with Crippen LogP contribution in [0.4, 0.5) is 5.69 Å². The lowest BCUT2D eigenvalue weighted by Crippen LogP contribution is -2.46. The van der Waals surface area contributed by atoms with Crippen LogP contribution in [0.25, 0.3) is 11.0 Å². The number of nitrogens with one attached hydrogen (secondary N) is 1. The SMILES string of the molecule is CCOC(=O)[C@H](CC(C)C)N(Cc1ccc(N)cc1)S(=O)(=O)c1ccc(Cc2nccc3[nH]c(C)nc23)cc1. The maximum atomic E-state index is 14.0. The van der Waals surface area contributed by atoms with E-state index in [0.29, 0.717) is 18.5 Å². The fraction of sp³-hybridized carbons (Fsp3) is 0.345. The molecule has 0 aliphatic rings. The largest absolute Gasteiger partial charge is 0.465 e. The number of nitrogens with two attached hydrogens (primary N) is 1. The highest BCUT2D eigenvalue weighted by molar-refractivity contribution is 7.89. The Kier molecular flexibility index (Phi) is 8.66. The molecule has 0 aliphatic carbocycles. The molecule has 1 atom stereocenters. The molecule has 39 heavy (non-hydrogen) atoms. The van der Waals surface area contributed by atoms with Crippen LogP contribution < -0.4 is 5.73 Å². The summed E-state index contributed by atoms with van der Waals surface area (Å²) in [6.45, 7) is 7.66. The van der Waals surface area contributed by atoms with E-state index in [1.807, 2.05) is 26.8 Å². The number of carbonyl (C=O) groups is 1. The fourth-order valence-corrected chi connectivity index (χ4v) is 6.11. The molecule has 0 amide bonds. The summed E-state index contributed by atoms with van der Waals surface area (Å²) < 4.78 is 34.7. The van der Waals surface area contributed by atoms with Crippen LogP contribution in [0.15, 0.2) is 65.7 Å². The molecule has 0 unspecified atom stereocenters. The first-order valence-corrected chi connectivity index (χ1v) is 14.4. The average molecular weight is 550 g/mol. The molecule has 4 aromatic rings. The highest BCUT2D eigenvalue weighted by Gasteiger charge is 2.37. The van der Waals surface area contributed by atoms with Crippen molar-refractivity contribution < 1.29 is 17.9 Å². The summed E-state index contributed by atoms with van der Waals surface area (Å²) in [6, 6.07) is 14.6. The molecular formula is C29H35N5O4S. The van der Waals surface area contributed by atoms with Crippen LogP contribution in [0.5, 0.6) is 0 Å². The summed E-state index contributed by atoms with van der Waals surface area (Å²) >= 11 is 0. The molecule has 0 spiro atoms. The quantitative estimate of drug-likeness (QED) is 0.206. The smallest absolute Gasteiger partial charge is 0.324 e. The van der Waals surface area contributed by atoms with Crippen molar-refractivity contribution in [1.29, 1.82) is 0 Å². The molecule has 0 bridgehead atoms. The summed E-state index contributed by atoms with van der Waals surface area (Å²) in [6.07, 6.45) is 2.55. The number of carbonyl (C=O) groups excluding carboxylic acids is 1. The highest BCUT2D eigenvalue weighted by Crippen LogP contribution is 2.27. The molecule has 10 heteroatoms. The van der Waals surface area contributed by atoms with Crippen molar-refractivity contribution in [2.45, 2.75) is 58.0 Å². The van der Waals surface area contributed by atoms with E-state index >= 15 is 0 Å². The van der Waals surface area contributed by atoms with Gasteiger partial charge in [0.2, 0.25) is 10.0 Å². The summed E-state index contributed by atoms with van der Waals surface area (Å²) in [5, 5.41) is 0. The van der Waals surface area contributed by atoms with Crippen LogP contribution in [0.3, 0.4) is 0 Å². The standard InChI is InChI=1S/C29H35N5O4S/c1-5-38-29(35)27(16-19(2)3)34(18-22-6-10-23(30)11-7-22)39(36,37)24-12-8-21(9-13-24)17-26-28-25(14-15-31-26)32-20(4)33-28/h6-15,19,27H,5,16-18,30H2,1-4H3,(H,32,33)/t27-/m0/s1. The molecule has 2 aromatic carbocycles. The molecule has 0 saturated heterocycles. The summed E-state index contributed by atoms with van der Waals surface area (Å²) in [5.41, 5.74) is 10.5. The summed E-state index contributed by atoms with van der Waals surface area (Å²) in [4.78, 5) is 25.4. The number of aromatic nitrogens is 3. The number of imidazole rings is 1. The van der Waals surface area contributed by atoms with Crippen LogP contribution in [0, 0.1) is 12.8 Å². The Hall–Kier alpha value is -3.76. The van der Waals surface area contributed by atoms with Crippen LogP contribution in [-0.4, -0.2) is 46.3 Å². The van der Waals surface area contributed by atoms with Gasteiger partial charge in [0, 0.05) is 24.8 Å². The number of ether oxygens (including phenoxy) is 1. The number of benzene rings is 2. The lowest BCUT2D eigenvalue weighted by molar-refractivity contribution is -0.148. The van der Waals surface area contributed by atoms with E-state index in [0.717, 1.165) is 33.7 Å². The zero-order valence-corrected chi connectivity index (χ0v) is 23.5. The van der Waals surface area contributed by atoms with Crippen molar-refractivity contribution in [3.63, 3.8) is 0 Å². The third-order valence-corrected chi connectivity index (χ3v) is 8.28. The molecule has 2 aromatic heterocycles. The van der Waals surface area contributed by atoms with Crippen LogP contribution in [0.2, 0.25) is 0 Å². The van der Waals surface area contributed by atoms with E-state index < -0.39 is 22.0 Å². The Bertz CT molecular complexity index is 1530. The van der Waals surface area contributed by atoms with E-state index in [1.54, 1.807) is 61.7 Å². The number of H-pyrrole nitrogens is 1. The van der Waals surface area contributed by atoms with Crippen molar-refractivity contribution in [3.8, 4) is 0 Å². The number of aryl methyl sites for hydroxylation is 1. The van der Waals surface area contributed by atoms with Crippen LogP contribution >= 0.6 is 0 Å². The second-order valence-electron chi connectivity index (χ2n) is 9.99. The van der Waals surface area contributed by atoms with Gasteiger partial charge in [-0.3, -0.25) is 9.78 Å². The first-order valence-electron chi connectivity index (χ1n) is 13.0. The van der Waals surface area contributed by atoms with Crippen molar-refractivity contribution in [2.75, 3.05) is 12.3 Å². The average Bonchev–Trinajstić information content (AvgIpc) is 3.28. The Morgan fingerprint density at radius 2 is 1.72 bits per heavy atom. The molecule has 0 radical (unpaired) electrons. The second kappa shape index (κ2) is 12.0. The van der Waals surface area contributed by atoms with Crippen molar-refractivity contribution in [2.24, 2.45) is 5.92 Å². The molecule has 9 nitrogen and oxygen atoms in total. The monoisotopic (exact) mass is 549 g/mol. The molecule has 4 rings (SSSR count). The lowest BCUT2D eigenvalue weighted by atomic mass is 10.0. The van der Waals surface area contributed by atoms with Gasteiger partial charge in [-0.25, -0.2) is 13.4 Å². The van der Waals surface area contributed by atoms with Gasteiger partial charge in [-0.1, -0.05) is 38.1 Å². The topological polar surface area (TPSA) is 131 Å².